The smallest absolute Gasteiger partial charge is 0.0709 e. The van der Waals surface area contributed by atoms with Gasteiger partial charge in [0.2, 0.25) is 0 Å². The van der Waals surface area contributed by atoms with Gasteiger partial charge in [0.1, 0.15) is 0 Å². The molecule has 0 aliphatic rings. The lowest BCUT2D eigenvalue weighted by Crippen LogP contribution is -2.10. The first-order valence-corrected chi connectivity index (χ1v) is 18.7. The first-order valence-electron chi connectivity index (χ1n) is 18.7. The Bertz CT molecular complexity index is 2790. The maximum atomic E-state index is 5.10. The summed E-state index contributed by atoms with van der Waals surface area (Å²) in [6, 6.07) is 69.4. The molecule has 0 atom stereocenters. The number of fused-ring (bicyclic) bond motifs is 1. The number of pyridine rings is 1. The highest BCUT2D eigenvalue weighted by atomic mass is 15.2. The van der Waals surface area contributed by atoms with Gasteiger partial charge in [-0.15, -0.1) is 0 Å². The van der Waals surface area contributed by atoms with Gasteiger partial charge in [0.15, 0.2) is 0 Å². The Hall–Kier alpha value is -6.97. The molecule has 0 aliphatic carbocycles. The summed E-state index contributed by atoms with van der Waals surface area (Å²) >= 11 is 0. The molecule has 54 heavy (non-hydrogen) atoms. The van der Waals surface area contributed by atoms with Gasteiger partial charge in [-0.25, -0.2) is 0 Å². The highest BCUT2D eigenvalue weighted by molar-refractivity contribution is 6.27. The van der Waals surface area contributed by atoms with Crippen LogP contribution in [-0.2, 0) is 0 Å². The number of benzene rings is 9. The van der Waals surface area contributed by atoms with Crippen LogP contribution in [0.2, 0.25) is 0 Å². The van der Waals surface area contributed by atoms with Crippen molar-refractivity contribution in [2.24, 2.45) is 0 Å². The van der Waals surface area contributed by atoms with Crippen LogP contribution in [0.1, 0.15) is 13.8 Å². The maximum absolute atomic E-state index is 5.10. The van der Waals surface area contributed by atoms with Gasteiger partial charge in [0.25, 0.3) is 0 Å². The molecule has 0 amide bonds. The zero-order valence-corrected chi connectivity index (χ0v) is 30.4. The lowest BCUT2D eigenvalue weighted by atomic mass is 9.90. The molecular formula is C51H39N3. The summed E-state index contributed by atoms with van der Waals surface area (Å²) in [4.78, 5) is 9.74. The van der Waals surface area contributed by atoms with E-state index in [9.17, 15) is 0 Å². The number of rotatable bonds is 7. The van der Waals surface area contributed by atoms with E-state index in [4.69, 9.17) is 4.98 Å². The highest BCUT2D eigenvalue weighted by Gasteiger charge is 2.20. The number of hydrogen-bond acceptors (Lipinski definition) is 3. The van der Waals surface area contributed by atoms with Gasteiger partial charge in [-0.2, -0.15) is 0 Å². The Labute approximate surface area is 316 Å². The van der Waals surface area contributed by atoms with Crippen molar-refractivity contribution in [3.8, 4) is 11.3 Å². The normalized spacial score (nSPS) is 11.1. The second kappa shape index (κ2) is 14.2. The molecule has 3 heteroatoms. The number of nitrogens with zero attached hydrogens (tertiary/aromatic N) is 3. The molecule has 0 bridgehead atoms. The molecule has 0 aliphatic heterocycles. The average Bonchev–Trinajstić information content (AvgIpc) is 3.25. The molecule has 0 saturated heterocycles. The van der Waals surface area contributed by atoms with Gasteiger partial charge < -0.3 is 9.80 Å². The zero-order chi connectivity index (χ0) is 36.4. The molecule has 0 saturated carbocycles. The van der Waals surface area contributed by atoms with Crippen molar-refractivity contribution < 1.29 is 0 Å². The summed E-state index contributed by atoms with van der Waals surface area (Å²) in [7, 11) is 0. The Morgan fingerprint density at radius 2 is 0.852 bits per heavy atom. The summed E-state index contributed by atoms with van der Waals surface area (Å²) in [5.41, 5.74) is 8.67. The van der Waals surface area contributed by atoms with Crippen LogP contribution >= 0.6 is 0 Å². The van der Waals surface area contributed by atoms with Crippen LogP contribution in [0.25, 0.3) is 54.3 Å². The molecule has 0 N–H and O–H groups in total. The van der Waals surface area contributed by atoms with Crippen LogP contribution in [-0.4, -0.2) is 4.98 Å². The van der Waals surface area contributed by atoms with Crippen molar-refractivity contribution in [3.63, 3.8) is 0 Å². The molecule has 10 rings (SSSR count). The van der Waals surface area contributed by atoms with E-state index >= 15 is 0 Å². The fourth-order valence-electron chi connectivity index (χ4n) is 7.80. The van der Waals surface area contributed by atoms with E-state index in [2.05, 4.69) is 192 Å². The third kappa shape index (κ3) is 5.77. The van der Waals surface area contributed by atoms with E-state index in [0.29, 0.717) is 0 Å². The summed E-state index contributed by atoms with van der Waals surface area (Å²) in [6.07, 6.45) is 1.99. The third-order valence-electron chi connectivity index (χ3n) is 10.2. The highest BCUT2D eigenvalue weighted by Crippen LogP contribution is 2.46. The fourth-order valence-corrected chi connectivity index (χ4v) is 7.80. The number of hydrogen-bond donors (Lipinski definition) is 0. The van der Waals surface area contributed by atoms with Gasteiger partial charge in [0.05, 0.1) is 23.3 Å². The van der Waals surface area contributed by atoms with Gasteiger partial charge in [-0.05, 0) is 104 Å². The van der Waals surface area contributed by atoms with Crippen molar-refractivity contribution in [3.05, 3.63) is 200 Å². The van der Waals surface area contributed by atoms with E-state index in [-0.39, 0.29) is 0 Å². The fraction of sp³-hybridized carbons (Fsp3) is 0.0392. The van der Waals surface area contributed by atoms with Gasteiger partial charge in [0, 0.05) is 33.7 Å². The summed E-state index contributed by atoms with van der Waals surface area (Å²) < 4.78 is 0. The summed E-state index contributed by atoms with van der Waals surface area (Å²) in [5, 5.41) is 9.86. The van der Waals surface area contributed by atoms with Crippen LogP contribution < -0.4 is 9.80 Å². The quantitative estimate of drug-likeness (QED) is 0.155. The SMILES string of the molecule is CC.c1ccc(N(c2ccccc2)c2ccc(-c3ccc4ccc5c(N(c6ccccc6)c6ccc7ccccc7c6)ccc6ccc3c4c65)nc2)cc1. The van der Waals surface area contributed by atoms with Crippen molar-refractivity contribution in [2.45, 2.75) is 13.8 Å². The van der Waals surface area contributed by atoms with Gasteiger partial charge in [-0.3, -0.25) is 4.98 Å². The first kappa shape index (κ1) is 32.9. The predicted molar refractivity (Wildman–Crippen MR) is 232 cm³/mol. The summed E-state index contributed by atoms with van der Waals surface area (Å²) in [6.45, 7) is 4.00. The van der Waals surface area contributed by atoms with E-state index in [1.807, 2.05) is 32.2 Å². The van der Waals surface area contributed by atoms with Crippen molar-refractivity contribution in [1.82, 2.24) is 4.98 Å². The predicted octanol–water partition coefficient (Wildman–Crippen LogP) is 14.8. The molecule has 0 unspecified atom stereocenters. The standard InChI is InChI=1S/C49H33N3.C2H6/c1-4-14-38(15-5-1)51(39-16-6-2-7-17-39)42-26-30-46(50-33-42)43-27-21-35-23-29-45-47(31-24-36-22-28-44(43)48(35)49(36)45)52(40-18-8-3-9-19-40)41-25-20-34-12-10-11-13-37(34)32-41;1-2/h1-33H;1-2H3. The minimum Gasteiger partial charge on any atom is -0.310 e. The van der Waals surface area contributed by atoms with Crippen LogP contribution in [0.5, 0.6) is 0 Å². The van der Waals surface area contributed by atoms with Crippen LogP contribution in [0.4, 0.5) is 34.1 Å². The van der Waals surface area contributed by atoms with Gasteiger partial charge in [-0.1, -0.05) is 141 Å². The van der Waals surface area contributed by atoms with Crippen molar-refractivity contribution >= 4 is 77.2 Å². The Morgan fingerprint density at radius 3 is 1.48 bits per heavy atom. The molecule has 0 radical (unpaired) electrons. The van der Waals surface area contributed by atoms with Gasteiger partial charge >= 0.3 is 0 Å². The van der Waals surface area contributed by atoms with E-state index in [1.54, 1.807) is 0 Å². The summed E-state index contributed by atoms with van der Waals surface area (Å²) in [5.74, 6) is 0. The largest absolute Gasteiger partial charge is 0.310 e. The average molecular weight is 694 g/mol. The molecule has 3 nitrogen and oxygen atoms in total. The first-order chi connectivity index (χ1) is 26.8. The third-order valence-corrected chi connectivity index (χ3v) is 10.2. The zero-order valence-electron chi connectivity index (χ0n) is 30.4. The Morgan fingerprint density at radius 1 is 0.352 bits per heavy atom. The van der Waals surface area contributed by atoms with E-state index in [1.165, 1.54) is 43.1 Å². The molecule has 0 fully saturated rings. The number of aromatic nitrogens is 1. The molecular weight excluding hydrogens is 655 g/mol. The van der Waals surface area contributed by atoms with Crippen molar-refractivity contribution in [2.75, 3.05) is 9.80 Å². The second-order valence-corrected chi connectivity index (χ2v) is 13.2. The van der Waals surface area contributed by atoms with Crippen LogP contribution in [0, 0.1) is 0 Å². The molecule has 1 heterocycles. The minimum absolute atomic E-state index is 0.949. The van der Waals surface area contributed by atoms with Crippen LogP contribution in [0.15, 0.2) is 200 Å². The molecule has 1 aromatic heterocycles. The molecule has 9 aromatic carbocycles. The maximum Gasteiger partial charge on any atom is 0.0709 e. The van der Waals surface area contributed by atoms with E-state index in [0.717, 1.165) is 45.4 Å². The number of anilines is 6. The Balaban J connectivity index is 0.00000189. The van der Waals surface area contributed by atoms with Crippen molar-refractivity contribution in [1.29, 1.82) is 0 Å². The van der Waals surface area contributed by atoms with E-state index < -0.39 is 0 Å². The molecule has 10 aromatic rings. The monoisotopic (exact) mass is 693 g/mol. The second-order valence-electron chi connectivity index (χ2n) is 13.2. The lowest BCUT2D eigenvalue weighted by molar-refractivity contribution is 1.23. The lowest BCUT2D eigenvalue weighted by Gasteiger charge is -2.28. The number of para-hydroxylation sites is 3. The molecule has 0 spiro atoms. The van der Waals surface area contributed by atoms with Crippen LogP contribution in [0.3, 0.4) is 0 Å². The Kier molecular flexibility index (Phi) is 8.66. The minimum atomic E-state index is 0.949. The molecule has 258 valence electrons. The topological polar surface area (TPSA) is 19.4 Å².